The van der Waals surface area contributed by atoms with Gasteiger partial charge in [0.2, 0.25) is 0 Å². The van der Waals surface area contributed by atoms with E-state index in [4.69, 9.17) is 5.41 Å². The van der Waals surface area contributed by atoms with Crippen molar-refractivity contribution >= 4 is 18.0 Å². The molecule has 3 aromatic carbocycles. The van der Waals surface area contributed by atoms with E-state index in [0.29, 0.717) is 24.2 Å². The number of hydrogen-bond acceptors (Lipinski definition) is 4. The third-order valence-electron chi connectivity index (χ3n) is 4.85. The number of amides is 1. The summed E-state index contributed by atoms with van der Waals surface area (Å²) in [5.74, 6) is -0.263. The first-order valence-electron chi connectivity index (χ1n) is 9.75. The number of nitrogens with zero attached hydrogens (tertiary/aromatic N) is 1. The van der Waals surface area contributed by atoms with Crippen molar-refractivity contribution in [1.82, 2.24) is 10.2 Å². The SMILES string of the molecule is Cc1ccc(-c2ccc(C(=O)NC(=N)c3ccc(CN(C)CC=O)cc3)cc2)cc1. The molecule has 3 aromatic rings. The maximum atomic E-state index is 12.5. The molecule has 0 aromatic heterocycles. The third-order valence-corrected chi connectivity index (χ3v) is 4.85. The lowest BCUT2D eigenvalue weighted by atomic mass is 10.0. The van der Waals surface area contributed by atoms with Crippen LogP contribution in [0.1, 0.15) is 27.0 Å². The Bertz CT molecular complexity index is 1020. The zero-order valence-corrected chi connectivity index (χ0v) is 17.2. The molecule has 0 radical (unpaired) electrons. The maximum absolute atomic E-state index is 12.5. The number of aryl methyl sites for hydroxylation is 1. The number of carbonyl (C=O) groups excluding carboxylic acids is 2. The highest BCUT2D eigenvalue weighted by Crippen LogP contribution is 2.20. The molecule has 0 atom stereocenters. The molecule has 0 unspecified atom stereocenters. The second-order valence-corrected chi connectivity index (χ2v) is 7.33. The fourth-order valence-corrected chi connectivity index (χ4v) is 3.10. The fraction of sp³-hybridized carbons (Fsp3) is 0.160. The molecule has 0 spiro atoms. The van der Waals surface area contributed by atoms with Gasteiger partial charge >= 0.3 is 0 Å². The molecule has 0 aliphatic heterocycles. The predicted molar refractivity (Wildman–Crippen MR) is 120 cm³/mol. The van der Waals surface area contributed by atoms with E-state index < -0.39 is 0 Å². The molecular weight excluding hydrogens is 374 g/mol. The van der Waals surface area contributed by atoms with E-state index in [2.05, 4.69) is 29.6 Å². The van der Waals surface area contributed by atoms with Crippen LogP contribution >= 0.6 is 0 Å². The molecule has 1 amide bonds. The lowest BCUT2D eigenvalue weighted by molar-refractivity contribution is -0.108. The van der Waals surface area contributed by atoms with Gasteiger partial charge in [-0.05, 0) is 42.8 Å². The minimum absolute atomic E-state index is 0.0513. The minimum atomic E-state index is -0.315. The lowest BCUT2D eigenvalue weighted by Gasteiger charge is -2.13. The van der Waals surface area contributed by atoms with Crippen LogP contribution < -0.4 is 5.32 Å². The molecule has 0 bridgehead atoms. The summed E-state index contributed by atoms with van der Waals surface area (Å²) in [7, 11) is 1.87. The Morgan fingerprint density at radius 1 is 0.900 bits per heavy atom. The standard InChI is InChI=1S/C25H25N3O2/c1-18-3-7-20(8-4-18)21-11-13-23(14-12-21)25(30)27-24(26)22-9-5-19(6-10-22)17-28(2)15-16-29/h3-14,16H,15,17H2,1-2H3,(H2,26,27,30). The average molecular weight is 399 g/mol. The van der Waals surface area contributed by atoms with Crippen molar-refractivity contribution in [1.29, 1.82) is 5.41 Å². The molecule has 0 fully saturated rings. The number of rotatable bonds is 7. The normalized spacial score (nSPS) is 10.6. The van der Waals surface area contributed by atoms with Crippen molar-refractivity contribution in [3.63, 3.8) is 0 Å². The summed E-state index contributed by atoms with van der Waals surface area (Å²) < 4.78 is 0. The molecule has 30 heavy (non-hydrogen) atoms. The molecule has 5 nitrogen and oxygen atoms in total. The zero-order chi connectivity index (χ0) is 21.5. The summed E-state index contributed by atoms with van der Waals surface area (Å²) in [6.07, 6.45) is 0.868. The molecule has 0 aliphatic carbocycles. The Hall–Kier alpha value is -3.57. The molecule has 0 aliphatic rings. The van der Waals surface area contributed by atoms with E-state index in [0.717, 1.165) is 23.0 Å². The number of likely N-dealkylation sites (N-methyl/N-ethyl adjacent to an activating group) is 1. The van der Waals surface area contributed by atoms with Crippen molar-refractivity contribution in [3.8, 4) is 11.1 Å². The summed E-state index contributed by atoms with van der Waals surface area (Å²) in [4.78, 5) is 25.0. The van der Waals surface area contributed by atoms with Crippen LogP contribution in [0, 0.1) is 12.3 Å². The minimum Gasteiger partial charge on any atom is -0.307 e. The van der Waals surface area contributed by atoms with Crippen LogP contribution in [-0.4, -0.2) is 36.5 Å². The number of amidine groups is 1. The van der Waals surface area contributed by atoms with Crippen LogP contribution in [0.3, 0.4) is 0 Å². The number of hydrogen-bond donors (Lipinski definition) is 2. The van der Waals surface area contributed by atoms with Gasteiger partial charge in [0.15, 0.2) is 0 Å². The van der Waals surface area contributed by atoms with Gasteiger partial charge in [0.25, 0.3) is 5.91 Å². The van der Waals surface area contributed by atoms with E-state index in [1.165, 1.54) is 5.56 Å². The van der Waals surface area contributed by atoms with Crippen LogP contribution in [0.15, 0.2) is 72.8 Å². The van der Waals surface area contributed by atoms with Crippen LogP contribution in [0.2, 0.25) is 0 Å². The largest absolute Gasteiger partial charge is 0.307 e. The molecule has 0 heterocycles. The molecular formula is C25H25N3O2. The summed E-state index contributed by atoms with van der Waals surface area (Å²) >= 11 is 0. The second-order valence-electron chi connectivity index (χ2n) is 7.33. The molecule has 5 heteroatoms. The zero-order valence-electron chi connectivity index (χ0n) is 17.2. The summed E-state index contributed by atoms with van der Waals surface area (Å²) in [5.41, 5.74) is 5.50. The van der Waals surface area contributed by atoms with Crippen molar-refractivity contribution in [2.24, 2.45) is 0 Å². The van der Waals surface area contributed by atoms with Gasteiger partial charge in [-0.25, -0.2) is 0 Å². The number of carbonyl (C=O) groups is 2. The molecule has 0 saturated heterocycles. The highest BCUT2D eigenvalue weighted by molar-refractivity contribution is 6.11. The predicted octanol–water partition coefficient (Wildman–Crippen LogP) is 4.05. The summed E-state index contributed by atoms with van der Waals surface area (Å²) in [6.45, 7) is 3.06. The Labute approximate surface area is 176 Å². The van der Waals surface area contributed by atoms with Crippen molar-refractivity contribution in [2.45, 2.75) is 13.5 Å². The third kappa shape index (κ3) is 5.49. The topological polar surface area (TPSA) is 73.3 Å². The van der Waals surface area contributed by atoms with Gasteiger partial charge in [0.05, 0.1) is 6.54 Å². The molecule has 152 valence electrons. The Balaban J connectivity index is 1.61. The van der Waals surface area contributed by atoms with Gasteiger partial charge in [-0.15, -0.1) is 0 Å². The van der Waals surface area contributed by atoms with Crippen molar-refractivity contribution in [3.05, 3.63) is 95.1 Å². The fourth-order valence-electron chi connectivity index (χ4n) is 3.10. The maximum Gasteiger partial charge on any atom is 0.256 e. The number of aldehydes is 1. The first-order valence-corrected chi connectivity index (χ1v) is 9.75. The van der Waals surface area contributed by atoms with Gasteiger partial charge in [0, 0.05) is 17.7 Å². The number of benzene rings is 3. The van der Waals surface area contributed by atoms with E-state index in [9.17, 15) is 9.59 Å². The smallest absolute Gasteiger partial charge is 0.256 e. The van der Waals surface area contributed by atoms with Gasteiger partial charge in [0.1, 0.15) is 12.1 Å². The first kappa shape index (κ1) is 21.1. The van der Waals surface area contributed by atoms with E-state index in [-0.39, 0.29) is 11.7 Å². The van der Waals surface area contributed by atoms with E-state index in [1.54, 1.807) is 24.3 Å². The summed E-state index contributed by atoms with van der Waals surface area (Å²) in [5, 5.41) is 10.8. The van der Waals surface area contributed by atoms with Crippen LogP contribution in [0.5, 0.6) is 0 Å². The Kier molecular flexibility index (Phi) is 6.88. The van der Waals surface area contributed by atoms with Crippen molar-refractivity contribution < 1.29 is 9.59 Å². The molecule has 3 rings (SSSR count). The quantitative estimate of drug-likeness (QED) is 0.358. The highest BCUT2D eigenvalue weighted by Gasteiger charge is 2.10. The van der Waals surface area contributed by atoms with Gasteiger partial charge in [-0.3, -0.25) is 15.1 Å². The monoisotopic (exact) mass is 399 g/mol. The Morgan fingerprint density at radius 2 is 1.43 bits per heavy atom. The average Bonchev–Trinajstić information content (AvgIpc) is 2.75. The van der Waals surface area contributed by atoms with Gasteiger partial charge in [-0.2, -0.15) is 0 Å². The van der Waals surface area contributed by atoms with Crippen LogP contribution in [0.4, 0.5) is 0 Å². The lowest BCUT2D eigenvalue weighted by Crippen LogP contribution is -2.30. The first-order chi connectivity index (χ1) is 14.5. The highest BCUT2D eigenvalue weighted by atomic mass is 16.1. The molecule has 0 saturated carbocycles. The van der Waals surface area contributed by atoms with E-state index >= 15 is 0 Å². The van der Waals surface area contributed by atoms with Gasteiger partial charge in [-0.1, -0.05) is 66.2 Å². The van der Waals surface area contributed by atoms with Crippen LogP contribution in [0.25, 0.3) is 11.1 Å². The van der Waals surface area contributed by atoms with E-state index in [1.807, 2.05) is 43.1 Å². The van der Waals surface area contributed by atoms with Crippen LogP contribution in [-0.2, 0) is 11.3 Å². The summed E-state index contributed by atoms with van der Waals surface area (Å²) in [6, 6.07) is 23.0. The number of nitrogens with one attached hydrogen (secondary N) is 2. The second kappa shape index (κ2) is 9.76. The van der Waals surface area contributed by atoms with Crippen molar-refractivity contribution in [2.75, 3.05) is 13.6 Å². The van der Waals surface area contributed by atoms with Gasteiger partial charge < -0.3 is 10.1 Å². The Morgan fingerprint density at radius 3 is 2.00 bits per heavy atom. The molecule has 2 N–H and O–H groups in total.